The molecule has 5 heteroatoms. The van der Waals surface area contributed by atoms with Crippen LogP contribution in [0.3, 0.4) is 0 Å². The third-order valence-electron chi connectivity index (χ3n) is 5.35. The van der Waals surface area contributed by atoms with E-state index in [1.165, 1.54) is 37.7 Å². The molecule has 0 spiro atoms. The predicted octanol–water partition coefficient (Wildman–Crippen LogP) is 3.62. The van der Waals surface area contributed by atoms with Crippen LogP contribution in [0.1, 0.15) is 44.6 Å². The summed E-state index contributed by atoms with van der Waals surface area (Å²) in [4.78, 5) is 6.99. The van der Waals surface area contributed by atoms with E-state index in [1.807, 2.05) is 7.05 Å². The number of aliphatic imine (C=N–C) groups is 1. The van der Waals surface area contributed by atoms with Crippen molar-refractivity contribution in [1.82, 2.24) is 15.5 Å². The van der Waals surface area contributed by atoms with Crippen molar-refractivity contribution in [2.45, 2.75) is 57.7 Å². The summed E-state index contributed by atoms with van der Waals surface area (Å²) in [5.41, 5.74) is 1.41. The van der Waals surface area contributed by atoms with Crippen molar-refractivity contribution in [3.05, 3.63) is 35.9 Å². The lowest BCUT2D eigenvalue weighted by atomic mass is 9.97. The fourth-order valence-electron chi connectivity index (χ4n) is 3.59. The van der Waals surface area contributed by atoms with E-state index in [0.717, 1.165) is 31.5 Å². The summed E-state index contributed by atoms with van der Waals surface area (Å²) < 4.78 is 0. The van der Waals surface area contributed by atoms with Gasteiger partial charge in [-0.25, -0.2) is 0 Å². The van der Waals surface area contributed by atoms with Gasteiger partial charge in [0.15, 0.2) is 5.96 Å². The Hall–Kier alpha value is -0.820. The molecule has 1 heterocycles. The zero-order chi connectivity index (χ0) is 16.8. The third kappa shape index (κ3) is 6.77. The van der Waals surface area contributed by atoms with Gasteiger partial charge in [0.05, 0.1) is 0 Å². The molecule has 1 saturated heterocycles. The number of nitrogens with zero attached hydrogens (tertiary/aromatic N) is 2. The van der Waals surface area contributed by atoms with Gasteiger partial charge in [-0.1, -0.05) is 43.2 Å². The van der Waals surface area contributed by atoms with Gasteiger partial charge < -0.3 is 10.6 Å². The molecule has 0 bridgehead atoms. The third-order valence-corrected chi connectivity index (χ3v) is 5.35. The van der Waals surface area contributed by atoms with E-state index >= 15 is 0 Å². The number of rotatable bonds is 6. The lowest BCUT2D eigenvalue weighted by Crippen LogP contribution is -2.51. The number of piperidine rings is 1. The Bertz CT molecular complexity index is 530. The normalized spacial score (nSPS) is 24.5. The SMILES string of the molecule is CN=C(NCCC1CC1)NC1CCN(Cc2ccccc2)C(C)C1.I. The van der Waals surface area contributed by atoms with Gasteiger partial charge in [0.2, 0.25) is 0 Å². The fraction of sp³-hybridized carbons (Fsp3) is 0.650. The molecule has 2 fully saturated rings. The Morgan fingerprint density at radius 1 is 1.20 bits per heavy atom. The largest absolute Gasteiger partial charge is 0.356 e. The van der Waals surface area contributed by atoms with Crippen molar-refractivity contribution in [3.8, 4) is 0 Å². The molecule has 2 unspecified atom stereocenters. The molecule has 0 radical (unpaired) electrons. The fourth-order valence-corrected chi connectivity index (χ4v) is 3.59. The quantitative estimate of drug-likeness (QED) is 0.390. The highest BCUT2D eigenvalue weighted by Crippen LogP contribution is 2.31. The van der Waals surface area contributed by atoms with Crippen LogP contribution in [-0.2, 0) is 6.54 Å². The summed E-state index contributed by atoms with van der Waals surface area (Å²) >= 11 is 0. The van der Waals surface area contributed by atoms with Gasteiger partial charge in [-0.15, -0.1) is 24.0 Å². The zero-order valence-electron chi connectivity index (χ0n) is 15.6. The Morgan fingerprint density at radius 3 is 2.60 bits per heavy atom. The van der Waals surface area contributed by atoms with E-state index in [1.54, 1.807) is 0 Å². The summed E-state index contributed by atoms with van der Waals surface area (Å²) in [7, 11) is 1.88. The number of nitrogens with one attached hydrogen (secondary N) is 2. The maximum atomic E-state index is 4.39. The van der Waals surface area contributed by atoms with E-state index in [2.05, 4.69) is 57.8 Å². The minimum Gasteiger partial charge on any atom is -0.356 e. The van der Waals surface area contributed by atoms with Crippen molar-refractivity contribution in [2.75, 3.05) is 20.1 Å². The first-order chi connectivity index (χ1) is 11.7. The molecular formula is C20H33IN4. The van der Waals surface area contributed by atoms with Gasteiger partial charge >= 0.3 is 0 Å². The molecule has 0 amide bonds. The molecule has 1 saturated carbocycles. The van der Waals surface area contributed by atoms with E-state index in [4.69, 9.17) is 0 Å². The first kappa shape index (κ1) is 20.5. The second-order valence-corrected chi connectivity index (χ2v) is 7.40. The Balaban J connectivity index is 0.00000225. The maximum absolute atomic E-state index is 4.39. The highest BCUT2D eigenvalue weighted by atomic mass is 127. The summed E-state index contributed by atoms with van der Waals surface area (Å²) in [5, 5.41) is 7.11. The molecule has 0 aromatic heterocycles. The molecule has 2 atom stereocenters. The average molecular weight is 456 g/mol. The van der Waals surface area contributed by atoms with Gasteiger partial charge in [-0.3, -0.25) is 9.89 Å². The van der Waals surface area contributed by atoms with Gasteiger partial charge in [-0.2, -0.15) is 0 Å². The monoisotopic (exact) mass is 456 g/mol. The topological polar surface area (TPSA) is 39.7 Å². The van der Waals surface area contributed by atoms with E-state index in [-0.39, 0.29) is 24.0 Å². The second-order valence-electron chi connectivity index (χ2n) is 7.40. The minimum absolute atomic E-state index is 0. The summed E-state index contributed by atoms with van der Waals surface area (Å²) in [5.74, 6) is 1.95. The van der Waals surface area contributed by atoms with Crippen molar-refractivity contribution in [2.24, 2.45) is 10.9 Å². The number of hydrogen-bond donors (Lipinski definition) is 2. The van der Waals surface area contributed by atoms with E-state index in [9.17, 15) is 0 Å². The molecule has 4 nitrogen and oxygen atoms in total. The van der Waals surface area contributed by atoms with E-state index in [0.29, 0.717) is 12.1 Å². The lowest BCUT2D eigenvalue weighted by Gasteiger charge is -2.38. The molecule has 1 aliphatic heterocycles. The summed E-state index contributed by atoms with van der Waals surface area (Å²) in [6.45, 7) is 5.60. The molecule has 25 heavy (non-hydrogen) atoms. The number of hydrogen-bond acceptors (Lipinski definition) is 2. The van der Waals surface area contributed by atoms with Gasteiger partial charge in [-0.05, 0) is 37.7 Å². The van der Waals surface area contributed by atoms with Crippen molar-refractivity contribution in [3.63, 3.8) is 0 Å². The van der Waals surface area contributed by atoms with Crippen LogP contribution < -0.4 is 10.6 Å². The molecule has 1 aromatic carbocycles. The number of halogens is 1. The van der Waals surface area contributed by atoms with Crippen LogP contribution in [0.2, 0.25) is 0 Å². The zero-order valence-corrected chi connectivity index (χ0v) is 17.9. The molecule has 2 aliphatic rings. The molecule has 1 aromatic rings. The van der Waals surface area contributed by atoms with Gasteiger partial charge in [0, 0.05) is 38.8 Å². The molecule has 1 aliphatic carbocycles. The molecular weight excluding hydrogens is 423 g/mol. The molecule has 140 valence electrons. The Labute approximate surface area is 169 Å². The minimum atomic E-state index is 0. The van der Waals surface area contributed by atoms with Crippen molar-refractivity contribution >= 4 is 29.9 Å². The van der Waals surface area contributed by atoms with Crippen LogP contribution in [0.4, 0.5) is 0 Å². The molecule has 3 rings (SSSR count). The van der Waals surface area contributed by atoms with Gasteiger partial charge in [0.25, 0.3) is 0 Å². The second kappa shape index (κ2) is 10.4. The van der Waals surface area contributed by atoms with Crippen molar-refractivity contribution < 1.29 is 0 Å². The average Bonchev–Trinajstić information content (AvgIpc) is 3.41. The highest BCUT2D eigenvalue weighted by molar-refractivity contribution is 14.0. The standard InChI is InChI=1S/C20H32N4.HI/c1-16-14-19(23-20(21-2)22-12-10-17-8-9-17)11-13-24(16)15-18-6-4-3-5-7-18;/h3-7,16-17,19H,8-15H2,1-2H3,(H2,21,22,23);1H. The Kier molecular flexibility index (Phi) is 8.49. The lowest BCUT2D eigenvalue weighted by molar-refractivity contribution is 0.134. The first-order valence-corrected chi connectivity index (χ1v) is 9.49. The Morgan fingerprint density at radius 2 is 1.96 bits per heavy atom. The summed E-state index contributed by atoms with van der Waals surface area (Å²) in [6, 6.07) is 11.9. The van der Waals surface area contributed by atoms with Crippen LogP contribution >= 0.6 is 24.0 Å². The number of likely N-dealkylation sites (tertiary alicyclic amines) is 1. The summed E-state index contributed by atoms with van der Waals surface area (Å²) in [6.07, 6.45) is 6.49. The van der Waals surface area contributed by atoms with Crippen LogP contribution in [0.5, 0.6) is 0 Å². The van der Waals surface area contributed by atoms with Crippen LogP contribution in [0.15, 0.2) is 35.3 Å². The van der Waals surface area contributed by atoms with Crippen LogP contribution in [0.25, 0.3) is 0 Å². The van der Waals surface area contributed by atoms with Crippen LogP contribution in [-0.4, -0.2) is 43.1 Å². The van der Waals surface area contributed by atoms with Gasteiger partial charge in [0.1, 0.15) is 0 Å². The number of benzene rings is 1. The smallest absolute Gasteiger partial charge is 0.191 e. The first-order valence-electron chi connectivity index (χ1n) is 9.49. The maximum Gasteiger partial charge on any atom is 0.191 e. The number of guanidine groups is 1. The van der Waals surface area contributed by atoms with Crippen LogP contribution in [0, 0.1) is 5.92 Å². The molecule has 2 N–H and O–H groups in total. The van der Waals surface area contributed by atoms with Crippen molar-refractivity contribution in [1.29, 1.82) is 0 Å². The highest BCUT2D eigenvalue weighted by Gasteiger charge is 2.26. The predicted molar refractivity (Wildman–Crippen MR) is 117 cm³/mol. The van der Waals surface area contributed by atoms with E-state index < -0.39 is 0 Å².